The Hall–Kier alpha value is -0.570. The van der Waals surface area contributed by atoms with Gasteiger partial charge in [0.05, 0.1) is 0 Å². The van der Waals surface area contributed by atoms with E-state index in [0.717, 1.165) is 50.6 Å². The Kier molecular flexibility index (Phi) is 6.34. The van der Waals surface area contributed by atoms with Crippen LogP contribution in [0.2, 0.25) is 0 Å². The SMILES string of the molecule is CC1CCC(CCNC(=O)C2CCC(CN)CC2)CC1. The van der Waals surface area contributed by atoms with Crippen LogP contribution in [0, 0.1) is 23.7 Å². The average Bonchev–Trinajstić information content (AvgIpc) is 2.49. The summed E-state index contributed by atoms with van der Waals surface area (Å²) in [4.78, 5) is 12.1. The summed E-state index contributed by atoms with van der Waals surface area (Å²) in [7, 11) is 0. The van der Waals surface area contributed by atoms with Gasteiger partial charge < -0.3 is 11.1 Å². The summed E-state index contributed by atoms with van der Waals surface area (Å²) in [5.41, 5.74) is 5.70. The lowest BCUT2D eigenvalue weighted by Gasteiger charge is -2.28. The molecule has 2 aliphatic carbocycles. The van der Waals surface area contributed by atoms with Crippen LogP contribution < -0.4 is 11.1 Å². The molecule has 0 bridgehead atoms. The maximum absolute atomic E-state index is 12.1. The third-order valence-electron chi connectivity index (χ3n) is 5.54. The summed E-state index contributed by atoms with van der Waals surface area (Å²) in [5.74, 6) is 2.97. The molecule has 2 rings (SSSR count). The van der Waals surface area contributed by atoms with Crippen molar-refractivity contribution in [3.63, 3.8) is 0 Å². The summed E-state index contributed by atoms with van der Waals surface area (Å²) in [6.07, 6.45) is 11.0. The first-order valence-corrected chi connectivity index (χ1v) is 8.66. The van der Waals surface area contributed by atoms with Gasteiger partial charge in [-0.05, 0) is 56.4 Å². The summed E-state index contributed by atoms with van der Waals surface area (Å²) < 4.78 is 0. The van der Waals surface area contributed by atoms with Crippen molar-refractivity contribution in [1.29, 1.82) is 0 Å². The van der Waals surface area contributed by atoms with E-state index in [0.29, 0.717) is 11.8 Å². The molecule has 0 aromatic carbocycles. The minimum atomic E-state index is 0.254. The zero-order valence-electron chi connectivity index (χ0n) is 13.1. The van der Waals surface area contributed by atoms with Gasteiger partial charge in [-0.3, -0.25) is 4.79 Å². The zero-order chi connectivity index (χ0) is 14.4. The molecule has 0 aromatic heterocycles. The molecule has 0 spiro atoms. The number of hydrogen-bond acceptors (Lipinski definition) is 2. The van der Waals surface area contributed by atoms with E-state index in [2.05, 4.69) is 12.2 Å². The predicted octanol–water partition coefficient (Wildman–Crippen LogP) is 3.08. The summed E-state index contributed by atoms with van der Waals surface area (Å²) in [6.45, 7) is 4.03. The van der Waals surface area contributed by atoms with Crippen molar-refractivity contribution in [3.05, 3.63) is 0 Å². The standard InChI is InChI=1S/C17H32N2O/c1-13-2-4-14(5-3-13)10-11-19-17(20)16-8-6-15(12-18)7-9-16/h13-16H,2-12,18H2,1H3,(H,19,20). The summed E-state index contributed by atoms with van der Waals surface area (Å²) >= 11 is 0. The van der Waals surface area contributed by atoms with Gasteiger partial charge in [-0.15, -0.1) is 0 Å². The van der Waals surface area contributed by atoms with E-state index in [4.69, 9.17) is 5.73 Å². The number of rotatable bonds is 5. The number of nitrogens with one attached hydrogen (secondary N) is 1. The fourth-order valence-corrected chi connectivity index (χ4v) is 3.82. The topological polar surface area (TPSA) is 55.1 Å². The maximum Gasteiger partial charge on any atom is 0.223 e. The Morgan fingerprint density at radius 1 is 1.00 bits per heavy atom. The lowest BCUT2D eigenvalue weighted by atomic mass is 9.81. The number of carbonyl (C=O) groups is 1. The fraction of sp³-hybridized carbons (Fsp3) is 0.941. The molecule has 1 amide bonds. The van der Waals surface area contributed by atoms with Crippen LogP contribution in [0.3, 0.4) is 0 Å². The number of nitrogens with two attached hydrogens (primary N) is 1. The van der Waals surface area contributed by atoms with E-state index in [1.165, 1.54) is 32.1 Å². The van der Waals surface area contributed by atoms with Gasteiger partial charge in [0.15, 0.2) is 0 Å². The number of carbonyl (C=O) groups excluding carboxylic acids is 1. The molecule has 0 heterocycles. The molecule has 0 radical (unpaired) electrons. The van der Waals surface area contributed by atoms with Gasteiger partial charge in [0, 0.05) is 12.5 Å². The molecule has 116 valence electrons. The van der Waals surface area contributed by atoms with Gasteiger partial charge >= 0.3 is 0 Å². The van der Waals surface area contributed by atoms with Gasteiger partial charge in [0.25, 0.3) is 0 Å². The van der Waals surface area contributed by atoms with Crippen LogP contribution in [0.1, 0.15) is 64.7 Å². The molecule has 2 fully saturated rings. The van der Waals surface area contributed by atoms with Gasteiger partial charge in [-0.25, -0.2) is 0 Å². The smallest absolute Gasteiger partial charge is 0.223 e. The Balaban J connectivity index is 1.58. The highest BCUT2D eigenvalue weighted by molar-refractivity contribution is 5.78. The Morgan fingerprint density at radius 3 is 2.20 bits per heavy atom. The molecule has 3 N–H and O–H groups in total. The molecular weight excluding hydrogens is 248 g/mol. The summed E-state index contributed by atoms with van der Waals surface area (Å²) in [6, 6.07) is 0. The molecule has 3 heteroatoms. The molecule has 0 saturated heterocycles. The highest BCUT2D eigenvalue weighted by Crippen LogP contribution is 2.30. The lowest BCUT2D eigenvalue weighted by Crippen LogP contribution is -2.35. The molecule has 0 atom stereocenters. The quantitative estimate of drug-likeness (QED) is 0.813. The molecular formula is C17H32N2O. The Labute approximate surface area is 124 Å². The highest BCUT2D eigenvalue weighted by atomic mass is 16.1. The van der Waals surface area contributed by atoms with Gasteiger partial charge in [-0.2, -0.15) is 0 Å². The molecule has 0 aliphatic heterocycles. The van der Waals surface area contributed by atoms with Crippen LogP contribution >= 0.6 is 0 Å². The maximum atomic E-state index is 12.1. The second kappa shape index (κ2) is 8.02. The van der Waals surface area contributed by atoms with Crippen molar-refractivity contribution in [1.82, 2.24) is 5.32 Å². The minimum absolute atomic E-state index is 0.254. The number of amides is 1. The van der Waals surface area contributed by atoms with E-state index < -0.39 is 0 Å². The lowest BCUT2D eigenvalue weighted by molar-refractivity contribution is -0.126. The third-order valence-corrected chi connectivity index (χ3v) is 5.54. The van der Waals surface area contributed by atoms with Crippen molar-refractivity contribution in [3.8, 4) is 0 Å². The van der Waals surface area contributed by atoms with Crippen LogP contribution in [0.25, 0.3) is 0 Å². The van der Waals surface area contributed by atoms with Crippen molar-refractivity contribution in [2.45, 2.75) is 64.7 Å². The second-order valence-corrected chi connectivity index (χ2v) is 7.16. The van der Waals surface area contributed by atoms with Crippen LogP contribution in [-0.4, -0.2) is 19.0 Å². The fourth-order valence-electron chi connectivity index (χ4n) is 3.82. The molecule has 3 nitrogen and oxygen atoms in total. The van der Waals surface area contributed by atoms with Crippen LogP contribution in [0.5, 0.6) is 0 Å². The van der Waals surface area contributed by atoms with E-state index in [1.807, 2.05) is 0 Å². The van der Waals surface area contributed by atoms with E-state index in [1.54, 1.807) is 0 Å². The Morgan fingerprint density at radius 2 is 1.60 bits per heavy atom. The zero-order valence-corrected chi connectivity index (χ0v) is 13.1. The van der Waals surface area contributed by atoms with Gasteiger partial charge in [0.2, 0.25) is 5.91 Å². The first-order valence-electron chi connectivity index (χ1n) is 8.66. The largest absolute Gasteiger partial charge is 0.356 e. The average molecular weight is 280 g/mol. The second-order valence-electron chi connectivity index (χ2n) is 7.16. The van der Waals surface area contributed by atoms with Crippen molar-refractivity contribution in [2.24, 2.45) is 29.4 Å². The molecule has 0 aromatic rings. The summed E-state index contributed by atoms with van der Waals surface area (Å²) in [5, 5.41) is 3.17. The third kappa shape index (κ3) is 4.76. The van der Waals surface area contributed by atoms with Crippen LogP contribution in [0.4, 0.5) is 0 Å². The molecule has 0 unspecified atom stereocenters. The van der Waals surface area contributed by atoms with Gasteiger partial charge in [0.1, 0.15) is 0 Å². The normalized spacial score (nSPS) is 34.7. The Bertz CT molecular complexity index is 289. The first kappa shape index (κ1) is 15.8. The number of hydrogen-bond donors (Lipinski definition) is 2. The molecule has 2 aliphatic rings. The minimum Gasteiger partial charge on any atom is -0.356 e. The van der Waals surface area contributed by atoms with E-state index in [-0.39, 0.29) is 5.92 Å². The van der Waals surface area contributed by atoms with Crippen molar-refractivity contribution >= 4 is 5.91 Å². The predicted molar refractivity (Wildman–Crippen MR) is 83.3 cm³/mol. The van der Waals surface area contributed by atoms with E-state index in [9.17, 15) is 4.79 Å². The van der Waals surface area contributed by atoms with Crippen LogP contribution in [-0.2, 0) is 4.79 Å². The molecule has 20 heavy (non-hydrogen) atoms. The van der Waals surface area contributed by atoms with E-state index >= 15 is 0 Å². The van der Waals surface area contributed by atoms with Crippen molar-refractivity contribution in [2.75, 3.05) is 13.1 Å². The van der Waals surface area contributed by atoms with Gasteiger partial charge in [-0.1, -0.05) is 32.6 Å². The molecule has 2 saturated carbocycles. The van der Waals surface area contributed by atoms with Crippen LogP contribution in [0.15, 0.2) is 0 Å². The highest BCUT2D eigenvalue weighted by Gasteiger charge is 2.25. The monoisotopic (exact) mass is 280 g/mol. The first-order chi connectivity index (χ1) is 9.69. The van der Waals surface area contributed by atoms with Crippen molar-refractivity contribution < 1.29 is 4.79 Å².